The summed E-state index contributed by atoms with van der Waals surface area (Å²) in [5.41, 5.74) is 1.29. The summed E-state index contributed by atoms with van der Waals surface area (Å²) < 4.78 is 21.4. The van der Waals surface area contributed by atoms with Crippen molar-refractivity contribution in [2.24, 2.45) is 14.1 Å². The van der Waals surface area contributed by atoms with Gasteiger partial charge in [-0.05, 0) is 29.8 Å². The molecule has 0 aliphatic carbocycles. The lowest BCUT2D eigenvalue weighted by Gasteiger charge is -2.32. The molecule has 1 aliphatic rings. The number of pyridine rings is 1. The lowest BCUT2D eigenvalue weighted by molar-refractivity contribution is -0.0348. The maximum Gasteiger partial charge on any atom is 0.332 e. The van der Waals surface area contributed by atoms with Crippen LogP contribution in [-0.2, 0) is 25.4 Å². The quantitative estimate of drug-likeness (QED) is 0.682. The minimum Gasteiger partial charge on any atom is -0.369 e. The molecule has 0 bridgehead atoms. The molecular formula is C20H21FN4O3. The first-order valence-corrected chi connectivity index (χ1v) is 9.09. The second kappa shape index (κ2) is 7.29. The van der Waals surface area contributed by atoms with Gasteiger partial charge in [0.25, 0.3) is 5.56 Å². The molecule has 1 atom stereocenters. The van der Waals surface area contributed by atoms with Crippen molar-refractivity contribution in [1.82, 2.24) is 19.0 Å². The average molecular weight is 384 g/mol. The van der Waals surface area contributed by atoms with E-state index >= 15 is 0 Å². The zero-order chi connectivity index (χ0) is 19.8. The molecule has 28 heavy (non-hydrogen) atoms. The fourth-order valence-corrected chi connectivity index (χ4v) is 3.52. The minimum atomic E-state index is -0.412. The number of hydrogen-bond donors (Lipinski definition) is 0. The summed E-state index contributed by atoms with van der Waals surface area (Å²) in [5, 5.41) is 0.396. The molecule has 0 unspecified atom stereocenters. The number of rotatable bonds is 3. The smallest absolute Gasteiger partial charge is 0.332 e. The summed E-state index contributed by atoms with van der Waals surface area (Å²) in [7, 11) is 3.05. The Morgan fingerprint density at radius 1 is 1.11 bits per heavy atom. The van der Waals surface area contributed by atoms with Crippen LogP contribution in [0.4, 0.5) is 4.39 Å². The molecule has 1 aromatic carbocycles. The largest absolute Gasteiger partial charge is 0.369 e. The molecule has 1 saturated heterocycles. The number of fused-ring (bicyclic) bond motifs is 1. The minimum absolute atomic E-state index is 0.249. The number of nitrogens with zero attached hydrogens (tertiary/aromatic N) is 4. The molecule has 0 N–H and O–H groups in total. The number of benzene rings is 1. The first kappa shape index (κ1) is 18.5. The number of ether oxygens (including phenoxy) is 1. The van der Waals surface area contributed by atoms with Crippen molar-refractivity contribution < 1.29 is 9.13 Å². The zero-order valence-corrected chi connectivity index (χ0v) is 15.8. The molecule has 0 radical (unpaired) electrons. The number of aromatic nitrogens is 3. The third-order valence-electron chi connectivity index (χ3n) is 5.12. The van der Waals surface area contributed by atoms with Gasteiger partial charge in [0.2, 0.25) is 0 Å². The van der Waals surface area contributed by atoms with E-state index in [-0.39, 0.29) is 17.5 Å². The van der Waals surface area contributed by atoms with Crippen LogP contribution in [0.25, 0.3) is 11.0 Å². The molecule has 1 fully saturated rings. The van der Waals surface area contributed by atoms with E-state index in [1.54, 1.807) is 31.3 Å². The van der Waals surface area contributed by atoms with Gasteiger partial charge in [0.15, 0.2) is 0 Å². The van der Waals surface area contributed by atoms with Gasteiger partial charge >= 0.3 is 5.69 Å². The summed E-state index contributed by atoms with van der Waals surface area (Å²) in [6.45, 7) is 2.61. The Labute approximate surface area is 160 Å². The molecule has 0 amide bonds. The normalized spacial score (nSPS) is 17.9. The predicted octanol–water partition coefficient (Wildman–Crippen LogP) is 1.34. The van der Waals surface area contributed by atoms with Crippen molar-refractivity contribution in [3.63, 3.8) is 0 Å². The van der Waals surface area contributed by atoms with Crippen LogP contribution < -0.4 is 11.2 Å². The fourth-order valence-electron chi connectivity index (χ4n) is 3.52. The fraction of sp³-hybridized carbons (Fsp3) is 0.350. The van der Waals surface area contributed by atoms with Crippen LogP contribution in [0.2, 0.25) is 0 Å². The first-order valence-electron chi connectivity index (χ1n) is 9.09. The van der Waals surface area contributed by atoms with E-state index in [4.69, 9.17) is 4.74 Å². The highest BCUT2D eigenvalue weighted by atomic mass is 19.1. The number of morpholine rings is 1. The van der Waals surface area contributed by atoms with Crippen LogP contribution in [0.5, 0.6) is 0 Å². The molecule has 0 saturated carbocycles. The first-order chi connectivity index (χ1) is 13.4. The van der Waals surface area contributed by atoms with Gasteiger partial charge in [-0.2, -0.15) is 0 Å². The lowest BCUT2D eigenvalue weighted by atomic mass is 10.1. The highest BCUT2D eigenvalue weighted by molar-refractivity contribution is 5.73. The van der Waals surface area contributed by atoms with Gasteiger partial charge in [0.1, 0.15) is 17.6 Å². The van der Waals surface area contributed by atoms with Crippen molar-refractivity contribution in [3.8, 4) is 0 Å². The van der Waals surface area contributed by atoms with Crippen molar-refractivity contribution in [3.05, 3.63) is 74.3 Å². The Hall–Kier alpha value is -2.84. The van der Waals surface area contributed by atoms with E-state index in [0.717, 1.165) is 16.7 Å². The van der Waals surface area contributed by atoms with Crippen LogP contribution >= 0.6 is 0 Å². The molecule has 7 nitrogen and oxygen atoms in total. The molecule has 4 rings (SSSR count). The van der Waals surface area contributed by atoms with E-state index < -0.39 is 5.69 Å². The summed E-state index contributed by atoms with van der Waals surface area (Å²) in [4.78, 5) is 31.3. The number of aryl methyl sites for hydroxylation is 1. The van der Waals surface area contributed by atoms with Gasteiger partial charge in [-0.1, -0.05) is 12.1 Å². The molecule has 0 spiro atoms. The average Bonchev–Trinajstić information content (AvgIpc) is 2.72. The predicted molar refractivity (Wildman–Crippen MR) is 103 cm³/mol. The SMILES string of the molecule is Cn1c(=O)c2ccc([C@H]3CN(Cc4ccc(F)cc4)CCO3)nc2n(C)c1=O. The van der Waals surface area contributed by atoms with Crippen LogP contribution in [0.1, 0.15) is 17.4 Å². The van der Waals surface area contributed by atoms with E-state index in [0.29, 0.717) is 36.4 Å². The van der Waals surface area contributed by atoms with E-state index in [1.807, 2.05) is 0 Å². The highest BCUT2D eigenvalue weighted by Gasteiger charge is 2.24. The van der Waals surface area contributed by atoms with Gasteiger partial charge in [0.05, 0.1) is 17.7 Å². The molecular weight excluding hydrogens is 363 g/mol. The van der Waals surface area contributed by atoms with Crippen molar-refractivity contribution in [1.29, 1.82) is 0 Å². The number of hydrogen-bond acceptors (Lipinski definition) is 5. The zero-order valence-electron chi connectivity index (χ0n) is 15.8. The highest BCUT2D eigenvalue weighted by Crippen LogP contribution is 2.23. The van der Waals surface area contributed by atoms with Crippen molar-refractivity contribution in [2.45, 2.75) is 12.6 Å². The van der Waals surface area contributed by atoms with Crippen LogP contribution in [-0.4, -0.2) is 38.7 Å². The Balaban J connectivity index is 1.61. The standard InChI is InChI=1S/C20H21FN4O3/c1-23-18-15(19(26)24(2)20(23)27)7-8-16(22-18)17-12-25(9-10-28-17)11-13-3-5-14(21)6-4-13/h3-8,17H,9-12H2,1-2H3/t17-/m1/s1. The molecule has 1 aliphatic heterocycles. The molecule has 2 aromatic heterocycles. The van der Waals surface area contributed by atoms with Gasteiger partial charge in [-0.15, -0.1) is 0 Å². The second-order valence-corrected chi connectivity index (χ2v) is 7.03. The van der Waals surface area contributed by atoms with Gasteiger partial charge in [-0.3, -0.25) is 18.8 Å². The number of halogens is 1. The molecule has 146 valence electrons. The van der Waals surface area contributed by atoms with Crippen molar-refractivity contribution >= 4 is 11.0 Å². The Morgan fingerprint density at radius 2 is 1.86 bits per heavy atom. The third kappa shape index (κ3) is 3.36. The van der Waals surface area contributed by atoms with E-state index in [9.17, 15) is 14.0 Å². The van der Waals surface area contributed by atoms with Gasteiger partial charge in [-0.25, -0.2) is 14.2 Å². The third-order valence-corrected chi connectivity index (χ3v) is 5.12. The Morgan fingerprint density at radius 3 is 2.61 bits per heavy atom. The van der Waals surface area contributed by atoms with Crippen molar-refractivity contribution in [2.75, 3.05) is 19.7 Å². The molecule has 8 heteroatoms. The maximum absolute atomic E-state index is 13.1. The Kier molecular flexibility index (Phi) is 4.82. The van der Waals surface area contributed by atoms with Crippen LogP contribution in [0, 0.1) is 5.82 Å². The summed E-state index contributed by atoms with van der Waals surface area (Å²) in [6.07, 6.45) is -0.266. The summed E-state index contributed by atoms with van der Waals surface area (Å²) in [5.74, 6) is -0.249. The van der Waals surface area contributed by atoms with E-state index in [1.165, 1.54) is 23.7 Å². The topological polar surface area (TPSA) is 69.4 Å². The monoisotopic (exact) mass is 384 g/mol. The lowest BCUT2D eigenvalue weighted by Crippen LogP contribution is -2.39. The molecule has 3 aromatic rings. The molecule has 3 heterocycles. The Bertz CT molecular complexity index is 1140. The van der Waals surface area contributed by atoms with Crippen LogP contribution in [0.15, 0.2) is 46.0 Å². The van der Waals surface area contributed by atoms with E-state index in [2.05, 4.69) is 9.88 Å². The summed E-state index contributed by atoms with van der Waals surface area (Å²) in [6, 6.07) is 9.94. The van der Waals surface area contributed by atoms with Gasteiger partial charge in [0, 0.05) is 33.7 Å². The maximum atomic E-state index is 13.1. The second-order valence-electron chi connectivity index (χ2n) is 7.03. The van der Waals surface area contributed by atoms with Crippen LogP contribution in [0.3, 0.4) is 0 Å². The van der Waals surface area contributed by atoms with Gasteiger partial charge < -0.3 is 4.74 Å². The summed E-state index contributed by atoms with van der Waals surface area (Å²) >= 11 is 0.